The van der Waals surface area contributed by atoms with Crippen LogP contribution < -0.4 is 0 Å². The first kappa shape index (κ1) is 16.4. The lowest BCUT2D eigenvalue weighted by atomic mass is 9.80. The number of rotatable bonds is 5. The lowest BCUT2D eigenvalue weighted by Crippen LogP contribution is -2.21. The summed E-state index contributed by atoms with van der Waals surface area (Å²) in [6.07, 6.45) is 1.48. The lowest BCUT2D eigenvalue weighted by molar-refractivity contribution is 0.254. The standard InChI is InChI=1S/C12H22ClN3O2S/c1-6-7-16-10(8-9(2)12(3,4)5)14-15-11(16)19(13,17)18/h9H,6-8H2,1-5H3. The van der Waals surface area contributed by atoms with Gasteiger partial charge in [0.15, 0.2) is 0 Å². The summed E-state index contributed by atoms with van der Waals surface area (Å²) in [5.41, 5.74) is 0.128. The van der Waals surface area contributed by atoms with Gasteiger partial charge in [-0.15, -0.1) is 10.2 Å². The van der Waals surface area contributed by atoms with Gasteiger partial charge in [-0.2, -0.15) is 0 Å². The van der Waals surface area contributed by atoms with Crippen LogP contribution in [0.15, 0.2) is 5.16 Å². The maximum absolute atomic E-state index is 11.5. The molecular formula is C12H22ClN3O2S. The Balaban J connectivity index is 3.13. The van der Waals surface area contributed by atoms with Crippen LogP contribution in [0, 0.1) is 11.3 Å². The third-order valence-electron chi connectivity index (χ3n) is 3.43. The molecule has 1 aromatic heterocycles. The smallest absolute Gasteiger partial charge is 0.296 e. The van der Waals surface area contributed by atoms with E-state index in [2.05, 4.69) is 37.9 Å². The normalized spacial score (nSPS) is 14.6. The van der Waals surface area contributed by atoms with E-state index < -0.39 is 9.05 Å². The Morgan fingerprint density at radius 3 is 2.32 bits per heavy atom. The van der Waals surface area contributed by atoms with E-state index in [1.807, 2.05) is 6.92 Å². The lowest BCUT2D eigenvalue weighted by Gasteiger charge is -2.26. The molecule has 0 bridgehead atoms. The van der Waals surface area contributed by atoms with Crippen molar-refractivity contribution >= 4 is 19.7 Å². The van der Waals surface area contributed by atoms with Gasteiger partial charge >= 0.3 is 0 Å². The van der Waals surface area contributed by atoms with Crippen LogP contribution in [0.3, 0.4) is 0 Å². The Kier molecular flexibility index (Phi) is 5.01. The zero-order valence-electron chi connectivity index (χ0n) is 12.1. The summed E-state index contributed by atoms with van der Waals surface area (Å²) in [4.78, 5) is 0. The molecule has 0 aliphatic rings. The molecule has 0 aromatic carbocycles. The van der Waals surface area contributed by atoms with Gasteiger partial charge < -0.3 is 4.57 Å². The minimum atomic E-state index is -3.84. The number of hydrogen-bond donors (Lipinski definition) is 0. The fourth-order valence-corrected chi connectivity index (χ4v) is 2.62. The molecular weight excluding hydrogens is 286 g/mol. The molecule has 0 aliphatic heterocycles. The van der Waals surface area contributed by atoms with Gasteiger partial charge in [-0.1, -0.05) is 34.6 Å². The first-order chi connectivity index (χ1) is 8.57. The van der Waals surface area contributed by atoms with E-state index in [1.54, 1.807) is 4.57 Å². The number of aromatic nitrogens is 3. The zero-order valence-corrected chi connectivity index (χ0v) is 13.7. The van der Waals surface area contributed by atoms with Crippen LogP contribution >= 0.6 is 10.7 Å². The van der Waals surface area contributed by atoms with Crippen LogP contribution in [0.2, 0.25) is 0 Å². The van der Waals surface area contributed by atoms with E-state index in [0.29, 0.717) is 24.7 Å². The number of hydrogen-bond acceptors (Lipinski definition) is 4. The average molecular weight is 308 g/mol. The minimum absolute atomic E-state index is 0.128. The van der Waals surface area contributed by atoms with Crippen LogP contribution in [0.4, 0.5) is 0 Å². The molecule has 0 aliphatic carbocycles. The Morgan fingerprint density at radius 2 is 1.89 bits per heavy atom. The molecule has 5 nitrogen and oxygen atoms in total. The van der Waals surface area contributed by atoms with Crippen LogP contribution in [0.25, 0.3) is 0 Å². The van der Waals surface area contributed by atoms with Crippen molar-refractivity contribution in [1.82, 2.24) is 14.8 Å². The molecule has 0 saturated carbocycles. The van der Waals surface area contributed by atoms with Gasteiger partial charge in [0.25, 0.3) is 14.2 Å². The van der Waals surface area contributed by atoms with Crippen molar-refractivity contribution in [3.05, 3.63) is 5.82 Å². The van der Waals surface area contributed by atoms with E-state index in [4.69, 9.17) is 10.7 Å². The SMILES string of the molecule is CCCn1c(CC(C)C(C)(C)C)nnc1S(=O)(=O)Cl. The first-order valence-electron chi connectivity index (χ1n) is 6.44. The third kappa shape index (κ3) is 4.18. The van der Waals surface area contributed by atoms with Crippen molar-refractivity contribution in [3.8, 4) is 0 Å². The summed E-state index contributed by atoms with van der Waals surface area (Å²) in [5.74, 6) is 1.04. The minimum Gasteiger partial charge on any atom is -0.301 e. The van der Waals surface area contributed by atoms with Crippen LogP contribution in [-0.4, -0.2) is 23.2 Å². The highest BCUT2D eigenvalue weighted by atomic mass is 35.7. The quantitative estimate of drug-likeness (QED) is 0.785. The second-order valence-electron chi connectivity index (χ2n) is 5.96. The zero-order chi connectivity index (χ0) is 14.8. The molecule has 0 N–H and O–H groups in total. The molecule has 0 radical (unpaired) electrons. The predicted octanol–water partition coefficient (Wildman–Crippen LogP) is 2.84. The molecule has 19 heavy (non-hydrogen) atoms. The summed E-state index contributed by atoms with van der Waals surface area (Å²) in [5, 5.41) is 7.59. The van der Waals surface area contributed by atoms with Gasteiger partial charge in [-0.25, -0.2) is 8.42 Å². The molecule has 7 heteroatoms. The molecule has 110 valence electrons. The van der Waals surface area contributed by atoms with Crippen molar-refractivity contribution < 1.29 is 8.42 Å². The van der Waals surface area contributed by atoms with E-state index in [1.165, 1.54) is 0 Å². The molecule has 1 atom stereocenters. The second-order valence-corrected chi connectivity index (χ2v) is 8.42. The average Bonchev–Trinajstić information content (AvgIpc) is 2.60. The van der Waals surface area contributed by atoms with Gasteiger partial charge in [-0.3, -0.25) is 0 Å². The molecule has 0 fully saturated rings. The van der Waals surface area contributed by atoms with E-state index in [0.717, 1.165) is 6.42 Å². The summed E-state index contributed by atoms with van der Waals surface area (Å²) < 4.78 is 24.5. The highest BCUT2D eigenvalue weighted by molar-refractivity contribution is 8.13. The molecule has 0 amide bonds. The third-order valence-corrected chi connectivity index (χ3v) is 4.58. The monoisotopic (exact) mass is 307 g/mol. The summed E-state index contributed by atoms with van der Waals surface area (Å²) >= 11 is 0. The van der Waals surface area contributed by atoms with Crippen LogP contribution in [-0.2, 0) is 22.0 Å². The molecule has 1 rings (SSSR count). The first-order valence-corrected chi connectivity index (χ1v) is 8.75. The molecule has 0 saturated heterocycles. The second kappa shape index (κ2) is 5.79. The summed E-state index contributed by atoms with van der Waals surface area (Å²) in [6, 6.07) is 0. The summed E-state index contributed by atoms with van der Waals surface area (Å²) in [7, 11) is 1.54. The van der Waals surface area contributed by atoms with E-state index in [-0.39, 0.29) is 10.6 Å². The molecule has 0 spiro atoms. The van der Waals surface area contributed by atoms with E-state index >= 15 is 0 Å². The summed E-state index contributed by atoms with van der Waals surface area (Å²) in [6.45, 7) is 11.1. The predicted molar refractivity (Wildman–Crippen MR) is 75.7 cm³/mol. The maximum Gasteiger partial charge on any atom is 0.296 e. The van der Waals surface area contributed by atoms with Gasteiger partial charge in [0, 0.05) is 23.6 Å². The van der Waals surface area contributed by atoms with Crippen LogP contribution in [0.5, 0.6) is 0 Å². The largest absolute Gasteiger partial charge is 0.301 e. The highest BCUT2D eigenvalue weighted by Crippen LogP contribution is 2.28. The van der Waals surface area contributed by atoms with Crippen molar-refractivity contribution in [2.75, 3.05) is 0 Å². The highest BCUT2D eigenvalue weighted by Gasteiger charge is 2.26. The Hall–Kier alpha value is -0.620. The Bertz CT molecular complexity index is 532. The fraction of sp³-hybridized carbons (Fsp3) is 0.833. The molecule has 1 unspecified atom stereocenters. The van der Waals surface area contributed by atoms with Crippen LogP contribution in [0.1, 0.15) is 46.9 Å². The molecule has 1 aromatic rings. The number of halogens is 1. The van der Waals surface area contributed by atoms with Gasteiger partial charge in [0.1, 0.15) is 5.82 Å². The van der Waals surface area contributed by atoms with Crippen molar-refractivity contribution in [2.45, 2.75) is 59.2 Å². The van der Waals surface area contributed by atoms with Crippen molar-refractivity contribution in [2.24, 2.45) is 11.3 Å². The van der Waals surface area contributed by atoms with Gasteiger partial charge in [0.05, 0.1) is 0 Å². The van der Waals surface area contributed by atoms with Gasteiger partial charge in [-0.05, 0) is 17.8 Å². The van der Waals surface area contributed by atoms with E-state index in [9.17, 15) is 8.42 Å². The molecule has 1 heterocycles. The van der Waals surface area contributed by atoms with Crippen molar-refractivity contribution in [1.29, 1.82) is 0 Å². The Morgan fingerprint density at radius 1 is 1.32 bits per heavy atom. The topological polar surface area (TPSA) is 64.8 Å². The fourth-order valence-electron chi connectivity index (χ4n) is 1.68. The maximum atomic E-state index is 11.5. The number of nitrogens with zero attached hydrogens (tertiary/aromatic N) is 3. The van der Waals surface area contributed by atoms with Crippen molar-refractivity contribution in [3.63, 3.8) is 0 Å². The van der Waals surface area contributed by atoms with Gasteiger partial charge in [0.2, 0.25) is 0 Å². The Labute approximate surface area is 119 Å².